The fourth-order valence-electron chi connectivity index (χ4n) is 6.02. The van der Waals surface area contributed by atoms with Crippen LogP contribution in [0.25, 0.3) is 0 Å². The molecule has 0 N–H and O–H groups in total. The monoisotopic (exact) mass is 362 g/mol. The number of rotatable bonds is 12. The minimum Gasteiger partial charge on any atom is -0.0654 e. The van der Waals surface area contributed by atoms with Crippen molar-refractivity contribution in [2.24, 2.45) is 23.2 Å². The number of hydrogen-bond acceptors (Lipinski definition) is 0. The molecule has 0 heterocycles. The van der Waals surface area contributed by atoms with Gasteiger partial charge in [0.1, 0.15) is 0 Å². The molecule has 0 bridgehead atoms. The SMILES string of the molecule is CCCCCCCC1CCC(C2CCC(C)(CCCCCC)CC2)CC1. The van der Waals surface area contributed by atoms with Gasteiger partial charge >= 0.3 is 0 Å². The second-order valence-electron chi connectivity index (χ2n) is 10.4. The molecule has 2 aliphatic rings. The van der Waals surface area contributed by atoms with Crippen LogP contribution in [0.3, 0.4) is 0 Å². The standard InChI is InChI=1S/C26H50/c1-4-6-8-10-11-13-23-14-16-24(17-15-23)25-18-21-26(3,22-19-25)20-12-9-7-5-2/h23-25H,4-22H2,1-3H3. The molecule has 2 fully saturated rings. The molecular weight excluding hydrogens is 312 g/mol. The van der Waals surface area contributed by atoms with Crippen LogP contribution in [0, 0.1) is 23.2 Å². The Bertz CT molecular complexity index is 328. The summed E-state index contributed by atoms with van der Waals surface area (Å²) in [5.74, 6) is 3.26. The Morgan fingerprint density at radius 1 is 0.615 bits per heavy atom. The van der Waals surface area contributed by atoms with Crippen LogP contribution in [0.15, 0.2) is 0 Å². The maximum atomic E-state index is 2.60. The van der Waals surface area contributed by atoms with Gasteiger partial charge in [-0.25, -0.2) is 0 Å². The van der Waals surface area contributed by atoms with Crippen molar-refractivity contribution in [2.75, 3.05) is 0 Å². The van der Waals surface area contributed by atoms with E-state index in [1.54, 1.807) is 38.5 Å². The van der Waals surface area contributed by atoms with E-state index in [1.165, 1.54) is 83.5 Å². The van der Waals surface area contributed by atoms with Crippen LogP contribution in [0.1, 0.15) is 143 Å². The van der Waals surface area contributed by atoms with E-state index in [2.05, 4.69) is 20.8 Å². The molecule has 0 aromatic heterocycles. The van der Waals surface area contributed by atoms with Crippen molar-refractivity contribution >= 4 is 0 Å². The minimum absolute atomic E-state index is 0.694. The van der Waals surface area contributed by atoms with Crippen LogP contribution in [0.5, 0.6) is 0 Å². The average Bonchev–Trinajstić information content (AvgIpc) is 2.66. The molecule has 0 amide bonds. The smallest absolute Gasteiger partial charge is 0.0326 e. The van der Waals surface area contributed by atoms with Crippen molar-refractivity contribution in [3.8, 4) is 0 Å². The summed E-state index contributed by atoms with van der Waals surface area (Å²) in [7, 11) is 0. The van der Waals surface area contributed by atoms with Crippen LogP contribution >= 0.6 is 0 Å². The number of hydrogen-bond donors (Lipinski definition) is 0. The molecule has 0 unspecified atom stereocenters. The lowest BCUT2D eigenvalue weighted by molar-refractivity contribution is 0.0949. The normalized spacial score (nSPS) is 32.7. The molecule has 0 spiro atoms. The highest BCUT2D eigenvalue weighted by Crippen LogP contribution is 2.47. The van der Waals surface area contributed by atoms with Gasteiger partial charge in [-0.3, -0.25) is 0 Å². The van der Waals surface area contributed by atoms with Crippen molar-refractivity contribution in [1.29, 1.82) is 0 Å². The number of unbranched alkanes of at least 4 members (excludes halogenated alkanes) is 7. The highest BCUT2D eigenvalue weighted by atomic mass is 14.4. The Morgan fingerprint density at radius 3 is 1.77 bits per heavy atom. The van der Waals surface area contributed by atoms with Gasteiger partial charge in [-0.15, -0.1) is 0 Å². The van der Waals surface area contributed by atoms with Crippen molar-refractivity contribution in [1.82, 2.24) is 0 Å². The molecule has 0 nitrogen and oxygen atoms in total. The molecule has 0 atom stereocenters. The van der Waals surface area contributed by atoms with E-state index >= 15 is 0 Å². The van der Waals surface area contributed by atoms with Gasteiger partial charge < -0.3 is 0 Å². The maximum Gasteiger partial charge on any atom is -0.0326 e. The molecule has 0 aromatic rings. The van der Waals surface area contributed by atoms with Gasteiger partial charge in [0.2, 0.25) is 0 Å². The first kappa shape index (κ1) is 22.3. The van der Waals surface area contributed by atoms with Gasteiger partial charge in [0.25, 0.3) is 0 Å². The van der Waals surface area contributed by atoms with E-state index in [0.717, 1.165) is 17.8 Å². The lowest BCUT2D eigenvalue weighted by atomic mass is 9.63. The van der Waals surface area contributed by atoms with E-state index in [9.17, 15) is 0 Å². The third-order valence-corrected chi connectivity index (χ3v) is 8.15. The van der Waals surface area contributed by atoms with Gasteiger partial charge in [0.15, 0.2) is 0 Å². The van der Waals surface area contributed by atoms with Gasteiger partial charge in [-0.1, -0.05) is 97.8 Å². The van der Waals surface area contributed by atoms with Crippen LogP contribution in [0.4, 0.5) is 0 Å². The quantitative estimate of drug-likeness (QED) is 0.303. The third kappa shape index (κ3) is 7.93. The fraction of sp³-hybridized carbons (Fsp3) is 1.00. The zero-order valence-electron chi connectivity index (χ0n) is 18.7. The van der Waals surface area contributed by atoms with Crippen LogP contribution < -0.4 is 0 Å². The maximum absolute atomic E-state index is 2.60. The van der Waals surface area contributed by atoms with Crippen LogP contribution in [0.2, 0.25) is 0 Å². The first-order chi connectivity index (χ1) is 12.7. The molecule has 2 aliphatic carbocycles. The van der Waals surface area contributed by atoms with E-state index in [-0.39, 0.29) is 0 Å². The molecule has 0 heteroatoms. The Labute approximate surface area is 166 Å². The summed E-state index contributed by atoms with van der Waals surface area (Å²) in [4.78, 5) is 0. The summed E-state index contributed by atoms with van der Waals surface area (Å²) in [6.45, 7) is 7.25. The lowest BCUT2D eigenvalue weighted by Crippen LogP contribution is -2.30. The topological polar surface area (TPSA) is 0 Å². The van der Waals surface area contributed by atoms with Gasteiger partial charge in [0.05, 0.1) is 0 Å². The summed E-state index contributed by atoms with van der Waals surface area (Å²) in [6.07, 6.45) is 28.5. The second-order valence-corrected chi connectivity index (χ2v) is 10.4. The zero-order valence-corrected chi connectivity index (χ0v) is 18.7. The lowest BCUT2D eigenvalue weighted by Gasteiger charge is -2.42. The Morgan fingerprint density at radius 2 is 1.15 bits per heavy atom. The Hall–Kier alpha value is 0. The largest absolute Gasteiger partial charge is 0.0654 e. The molecule has 2 rings (SSSR count). The van der Waals surface area contributed by atoms with E-state index in [4.69, 9.17) is 0 Å². The van der Waals surface area contributed by atoms with Gasteiger partial charge in [-0.05, 0) is 68.1 Å². The Kier molecular flexibility index (Phi) is 10.7. The third-order valence-electron chi connectivity index (χ3n) is 8.15. The van der Waals surface area contributed by atoms with Crippen LogP contribution in [-0.4, -0.2) is 0 Å². The van der Waals surface area contributed by atoms with E-state index in [0.29, 0.717) is 5.41 Å². The van der Waals surface area contributed by atoms with Crippen molar-refractivity contribution in [2.45, 2.75) is 143 Å². The van der Waals surface area contributed by atoms with E-state index in [1.807, 2.05) is 0 Å². The molecule has 26 heavy (non-hydrogen) atoms. The Balaban J connectivity index is 1.57. The molecule has 2 saturated carbocycles. The van der Waals surface area contributed by atoms with Crippen molar-refractivity contribution < 1.29 is 0 Å². The fourth-order valence-corrected chi connectivity index (χ4v) is 6.02. The van der Waals surface area contributed by atoms with Gasteiger partial charge in [-0.2, -0.15) is 0 Å². The highest BCUT2D eigenvalue weighted by Gasteiger charge is 2.35. The molecule has 154 valence electrons. The zero-order chi connectivity index (χ0) is 18.7. The molecule has 0 aliphatic heterocycles. The molecular formula is C26H50. The first-order valence-corrected chi connectivity index (χ1v) is 12.7. The average molecular weight is 363 g/mol. The molecule has 0 aromatic carbocycles. The summed E-state index contributed by atoms with van der Waals surface area (Å²) >= 11 is 0. The molecule has 0 radical (unpaired) electrons. The predicted molar refractivity (Wildman–Crippen MR) is 118 cm³/mol. The van der Waals surface area contributed by atoms with Crippen molar-refractivity contribution in [3.05, 3.63) is 0 Å². The summed E-state index contributed by atoms with van der Waals surface area (Å²) in [6, 6.07) is 0. The van der Waals surface area contributed by atoms with Gasteiger partial charge in [0, 0.05) is 0 Å². The summed E-state index contributed by atoms with van der Waals surface area (Å²) in [5, 5.41) is 0. The van der Waals surface area contributed by atoms with Crippen molar-refractivity contribution in [3.63, 3.8) is 0 Å². The minimum atomic E-state index is 0.694. The first-order valence-electron chi connectivity index (χ1n) is 12.7. The summed E-state index contributed by atoms with van der Waals surface area (Å²) in [5.41, 5.74) is 0.694. The van der Waals surface area contributed by atoms with Crippen LogP contribution in [-0.2, 0) is 0 Å². The highest BCUT2D eigenvalue weighted by molar-refractivity contribution is 4.86. The summed E-state index contributed by atoms with van der Waals surface area (Å²) < 4.78 is 0. The van der Waals surface area contributed by atoms with E-state index < -0.39 is 0 Å². The second kappa shape index (κ2) is 12.5. The predicted octanol–water partition coefficient (Wildman–Crippen LogP) is 9.32. The molecule has 0 saturated heterocycles.